The molecule has 0 saturated carbocycles. The van der Waals surface area contributed by atoms with Gasteiger partial charge in [-0.25, -0.2) is 0 Å². The van der Waals surface area contributed by atoms with Crippen LogP contribution in [-0.4, -0.2) is 78.8 Å². The SMILES string of the molecule is O=C1C(=Cc2ccc(O)c(O)c2)Oc2c1ccc(O[C@H]1O[C@@H](CO)[C@@H](O)[C@@H](O)[C@H]1O)c2O. The van der Waals surface area contributed by atoms with Crippen LogP contribution in [0.2, 0.25) is 0 Å². The summed E-state index contributed by atoms with van der Waals surface area (Å²) in [4.78, 5) is 12.6. The molecule has 0 aromatic heterocycles. The third-order valence-corrected chi connectivity index (χ3v) is 5.16. The van der Waals surface area contributed by atoms with Gasteiger partial charge in [0.05, 0.1) is 12.2 Å². The molecule has 0 unspecified atom stereocenters. The van der Waals surface area contributed by atoms with Gasteiger partial charge in [0.1, 0.15) is 24.4 Å². The van der Waals surface area contributed by atoms with Crippen LogP contribution in [0, 0.1) is 0 Å². The lowest BCUT2D eigenvalue weighted by Gasteiger charge is -2.39. The minimum absolute atomic E-state index is 0.0258. The Bertz CT molecular complexity index is 1080. The molecule has 2 aromatic carbocycles. The van der Waals surface area contributed by atoms with Gasteiger partial charge in [-0.1, -0.05) is 6.07 Å². The Kier molecular flexibility index (Phi) is 5.67. The van der Waals surface area contributed by atoms with Crippen molar-refractivity contribution in [2.75, 3.05) is 6.61 Å². The van der Waals surface area contributed by atoms with Gasteiger partial charge in [0.2, 0.25) is 17.8 Å². The summed E-state index contributed by atoms with van der Waals surface area (Å²) in [6, 6.07) is 6.43. The van der Waals surface area contributed by atoms with E-state index in [1.807, 2.05) is 0 Å². The molecular weight excluding hydrogens is 428 g/mol. The van der Waals surface area contributed by atoms with E-state index in [-0.39, 0.29) is 34.3 Å². The quantitative estimate of drug-likeness (QED) is 0.238. The van der Waals surface area contributed by atoms with E-state index in [1.165, 1.54) is 36.4 Å². The molecule has 1 saturated heterocycles. The predicted molar refractivity (Wildman–Crippen MR) is 105 cm³/mol. The number of carbonyl (C=O) groups excluding carboxylic acids is 1. The molecule has 0 spiro atoms. The minimum Gasteiger partial charge on any atom is -0.504 e. The van der Waals surface area contributed by atoms with Crippen molar-refractivity contribution in [2.45, 2.75) is 30.7 Å². The van der Waals surface area contributed by atoms with Crippen LogP contribution in [-0.2, 0) is 4.74 Å². The van der Waals surface area contributed by atoms with Crippen LogP contribution in [0.5, 0.6) is 28.7 Å². The predicted octanol–water partition coefficient (Wildman–Crippen LogP) is -0.402. The van der Waals surface area contributed by atoms with E-state index < -0.39 is 48.8 Å². The number of aliphatic hydroxyl groups is 4. The number of phenols is 3. The lowest BCUT2D eigenvalue weighted by molar-refractivity contribution is -0.277. The van der Waals surface area contributed by atoms with E-state index >= 15 is 0 Å². The number of fused-ring (bicyclic) bond motifs is 1. The number of phenolic OH excluding ortho intramolecular Hbond substituents is 3. The molecule has 32 heavy (non-hydrogen) atoms. The van der Waals surface area contributed by atoms with Crippen LogP contribution in [0.3, 0.4) is 0 Å². The molecule has 0 radical (unpaired) electrons. The summed E-state index contributed by atoms with van der Waals surface area (Å²) in [5, 5.41) is 68.6. The fraction of sp³-hybridized carbons (Fsp3) is 0.286. The smallest absolute Gasteiger partial charge is 0.232 e. The molecule has 2 aliphatic heterocycles. The van der Waals surface area contributed by atoms with Gasteiger partial charge >= 0.3 is 0 Å². The maximum Gasteiger partial charge on any atom is 0.232 e. The summed E-state index contributed by atoms with van der Waals surface area (Å²) >= 11 is 0. The zero-order valence-electron chi connectivity index (χ0n) is 16.3. The van der Waals surface area contributed by atoms with Gasteiger partial charge in [0, 0.05) is 0 Å². The average molecular weight is 448 g/mol. The highest BCUT2D eigenvalue weighted by atomic mass is 16.7. The molecule has 4 rings (SSSR count). The van der Waals surface area contributed by atoms with Crippen molar-refractivity contribution in [1.82, 2.24) is 0 Å². The maximum atomic E-state index is 12.6. The van der Waals surface area contributed by atoms with Crippen molar-refractivity contribution in [3.8, 4) is 28.7 Å². The molecular formula is C21H20O11. The number of rotatable bonds is 4. The number of carbonyl (C=O) groups is 1. The number of ether oxygens (including phenoxy) is 3. The van der Waals surface area contributed by atoms with Gasteiger partial charge in [-0.3, -0.25) is 4.79 Å². The number of benzene rings is 2. The molecule has 170 valence electrons. The molecule has 0 bridgehead atoms. The molecule has 11 heteroatoms. The van der Waals surface area contributed by atoms with Crippen molar-refractivity contribution in [2.24, 2.45) is 0 Å². The normalized spacial score (nSPS) is 28.4. The van der Waals surface area contributed by atoms with Crippen LogP contribution in [0.25, 0.3) is 6.08 Å². The van der Waals surface area contributed by atoms with Gasteiger partial charge in [-0.2, -0.15) is 0 Å². The summed E-state index contributed by atoms with van der Waals surface area (Å²) in [5.41, 5.74) is 0.381. The highest BCUT2D eigenvalue weighted by molar-refractivity contribution is 6.15. The zero-order chi connectivity index (χ0) is 23.2. The average Bonchev–Trinajstić information content (AvgIpc) is 3.09. The first kappa shape index (κ1) is 21.9. The molecule has 7 N–H and O–H groups in total. The Balaban J connectivity index is 1.59. The number of allylic oxidation sites excluding steroid dienone is 1. The number of aliphatic hydroxyl groups excluding tert-OH is 4. The summed E-state index contributed by atoms with van der Waals surface area (Å²) in [6.45, 7) is -0.653. The first-order chi connectivity index (χ1) is 15.2. The third kappa shape index (κ3) is 3.72. The largest absolute Gasteiger partial charge is 0.504 e. The van der Waals surface area contributed by atoms with Gasteiger partial charge < -0.3 is 50.0 Å². The van der Waals surface area contributed by atoms with Crippen LogP contribution in [0.4, 0.5) is 0 Å². The number of hydrogen-bond donors (Lipinski definition) is 7. The molecule has 2 aliphatic rings. The maximum absolute atomic E-state index is 12.6. The Morgan fingerprint density at radius 2 is 1.72 bits per heavy atom. The minimum atomic E-state index is -1.69. The van der Waals surface area contributed by atoms with Gasteiger partial charge in [-0.05, 0) is 35.9 Å². The van der Waals surface area contributed by atoms with Crippen molar-refractivity contribution >= 4 is 11.9 Å². The van der Waals surface area contributed by atoms with E-state index in [4.69, 9.17) is 14.2 Å². The summed E-state index contributed by atoms with van der Waals surface area (Å²) in [6.07, 6.45) is -6.38. The molecule has 2 aromatic rings. The van der Waals surface area contributed by atoms with E-state index in [1.54, 1.807) is 0 Å². The first-order valence-corrected chi connectivity index (χ1v) is 9.50. The summed E-state index contributed by atoms with van der Waals surface area (Å²) < 4.78 is 16.1. The lowest BCUT2D eigenvalue weighted by atomic mass is 9.99. The Morgan fingerprint density at radius 1 is 0.969 bits per heavy atom. The molecule has 0 amide bonds. The number of hydrogen-bond acceptors (Lipinski definition) is 11. The Morgan fingerprint density at radius 3 is 2.41 bits per heavy atom. The Labute approximate surface area is 180 Å². The second kappa shape index (κ2) is 8.30. The summed E-state index contributed by atoms with van der Waals surface area (Å²) in [7, 11) is 0. The Hall–Kier alpha value is -3.35. The topological polar surface area (TPSA) is 186 Å². The third-order valence-electron chi connectivity index (χ3n) is 5.16. The fourth-order valence-electron chi connectivity index (χ4n) is 3.39. The molecule has 11 nitrogen and oxygen atoms in total. The monoisotopic (exact) mass is 448 g/mol. The number of aromatic hydroxyl groups is 3. The second-order valence-corrected chi connectivity index (χ2v) is 7.29. The first-order valence-electron chi connectivity index (χ1n) is 9.50. The highest BCUT2D eigenvalue weighted by Crippen LogP contribution is 2.45. The van der Waals surface area contributed by atoms with Crippen molar-refractivity contribution < 1.29 is 54.8 Å². The zero-order valence-corrected chi connectivity index (χ0v) is 16.3. The standard InChI is InChI=1S/C21H20O11/c22-7-14-16(26)18(28)19(29)21(32-14)31-12-4-2-9-15(25)13(30-20(9)17(12)27)6-8-1-3-10(23)11(24)5-8/h1-6,14,16,18-19,21-24,26-29H,7H2/t14-,16+,18+,19+,21-/m0/s1. The van der Waals surface area contributed by atoms with E-state index in [9.17, 15) is 40.5 Å². The van der Waals surface area contributed by atoms with Gasteiger partial charge in [-0.15, -0.1) is 0 Å². The van der Waals surface area contributed by atoms with E-state index in [0.29, 0.717) is 5.56 Å². The van der Waals surface area contributed by atoms with E-state index in [2.05, 4.69) is 0 Å². The van der Waals surface area contributed by atoms with E-state index in [0.717, 1.165) is 0 Å². The lowest BCUT2D eigenvalue weighted by Crippen LogP contribution is -2.60. The fourth-order valence-corrected chi connectivity index (χ4v) is 3.39. The van der Waals surface area contributed by atoms with Crippen molar-refractivity contribution in [1.29, 1.82) is 0 Å². The van der Waals surface area contributed by atoms with Gasteiger partial charge in [0.15, 0.2) is 28.8 Å². The molecule has 2 heterocycles. The molecule has 1 fully saturated rings. The van der Waals surface area contributed by atoms with Gasteiger partial charge in [0.25, 0.3) is 0 Å². The van der Waals surface area contributed by atoms with Crippen molar-refractivity contribution in [3.05, 3.63) is 47.2 Å². The number of Topliss-reactive ketones (excluding diaryl/α,β-unsaturated/α-hetero) is 1. The molecule has 5 atom stereocenters. The second-order valence-electron chi connectivity index (χ2n) is 7.29. The number of ketones is 1. The highest BCUT2D eigenvalue weighted by Gasteiger charge is 2.45. The van der Waals surface area contributed by atoms with Crippen LogP contribution >= 0.6 is 0 Å². The van der Waals surface area contributed by atoms with Crippen molar-refractivity contribution in [3.63, 3.8) is 0 Å². The van der Waals surface area contributed by atoms with Crippen LogP contribution in [0.15, 0.2) is 36.1 Å². The van der Waals surface area contributed by atoms with Crippen LogP contribution < -0.4 is 9.47 Å². The molecule has 0 aliphatic carbocycles. The summed E-state index contributed by atoms with van der Waals surface area (Å²) in [5.74, 6) is -2.48. The van der Waals surface area contributed by atoms with Crippen LogP contribution in [0.1, 0.15) is 15.9 Å².